The Hall–Kier alpha value is -1.98. The standard InChI is InChI=1S/C18H16OS/c1-15(19)20-13-5-8-16-9-11-18(12-10-16)14-17-6-3-2-4-7-17/h2-4,6-7,9-12H,13-14H2,1H3. The van der Waals surface area contributed by atoms with E-state index in [0.717, 1.165) is 12.0 Å². The molecule has 0 radical (unpaired) electrons. The predicted octanol–water partition coefficient (Wildman–Crippen LogP) is 3.91. The van der Waals surface area contributed by atoms with Gasteiger partial charge in [0.1, 0.15) is 0 Å². The van der Waals surface area contributed by atoms with Crippen LogP contribution in [0.4, 0.5) is 0 Å². The lowest BCUT2D eigenvalue weighted by molar-refractivity contribution is -0.109. The maximum atomic E-state index is 10.8. The van der Waals surface area contributed by atoms with Gasteiger partial charge >= 0.3 is 0 Å². The molecule has 1 nitrogen and oxygen atoms in total. The SMILES string of the molecule is CC(=O)SCC#Cc1ccc(Cc2ccccc2)cc1. The van der Waals surface area contributed by atoms with Gasteiger partial charge in [0.2, 0.25) is 0 Å². The summed E-state index contributed by atoms with van der Waals surface area (Å²) >= 11 is 1.24. The monoisotopic (exact) mass is 280 g/mol. The van der Waals surface area contributed by atoms with Crippen LogP contribution in [0.1, 0.15) is 23.6 Å². The minimum absolute atomic E-state index is 0.109. The molecule has 20 heavy (non-hydrogen) atoms. The van der Waals surface area contributed by atoms with E-state index in [2.05, 4.69) is 48.2 Å². The Morgan fingerprint density at radius 2 is 1.65 bits per heavy atom. The number of thioether (sulfide) groups is 1. The van der Waals surface area contributed by atoms with E-state index in [1.54, 1.807) is 6.92 Å². The average molecular weight is 280 g/mol. The number of carbonyl (C=O) groups is 1. The quantitative estimate of drug-likeness (QED) is 0.793. The van der Waals surface area contributed by atoms with E-state index in [0.29, 0.717) is 5.75 Å². The molecule has 0 aromatic heterocycles. The van der Waals surface area contributed by atoms with Crippen molar-refractivity contribution in [1.82, 2.24) is 0 Å². The third-order valence-corrected chi connectivity index (χ3v) is 3.48. The summed E-state index contributed by atoms with van der Waals surface area (Å²) in [7, 11) is 0. The molecule has 0 N–H and O–H groups in total. The smallest absolute Gasteiger partial charge is 0.186 e. The molecule has 0 heterocycles. The lowest BCUT2D eigenvalue weighted by Crippen LogP contribution is -1.87. The molecular formula is C18H16OS. The number of hydrogen-bond acceptors (Lipinski definition) is 2. The van der Waals surface area contributed by atoms with E-state index >= 15 is 0 Å². The molecule has 0 saturated heterocycles. The van der Waals surface area contributed by atoms with Crippen LogP contribution in [0, 0.1) is 11.8 Å². The van der Waals surface area contributed by atoms with Gasteiger partial charge in [0.15, 0.2) is 5.12 Å². The predicted molar refractivity (Wildman–Crippen MR) is 85.7 cm³/mol. The van der Waals surface area contributed by atoms with Crippen LogP contribution in [0.2, 0.25) is 0 Å². The zero-order valence-corrected chi connectivity index (χ0v) is 12.2. The summed E-state index contributed by atoms with van der Waals surface area (Å²) in [4.78, 5) is 10.8. The van der Waals surface area contributed by atoms with Crippen LogP contribution < -0.4 is 0 Å². The molecule has 0 unspecified atom stereocenters. The molecule has 0 aliphatic carbocycles. The Kier molecular flexibility index (Phi) is 5.46. The first-order valence-electron chi connectivity index (χ1n) is 6.49. The fourth-order valence-corrected chi connectivity index (χ4v) is 2.16. The van der Waals surface area contributed by atoms with E-state index in [1.165, 1.54) is 22.9 Å². The molecule has 0 aliphatic rings. The largest absolute Gasteiger partial charge is 0.288 e. The van der Waals surface area contributed by atoms with Crippen LogP contribution >= 0.6 is 11.8 Å². The van der Waals surface area contributed by atoms with E-state index in [4.69, 9.17) is 0 Å². The Morgan fingerprint density at radius 3 is 2.30 bits per heavy atom. The summed E-state index contributed by atoms with van der Waals surface area (Å²) in [5, 5.41) is 0.109. The van der Waals surface area contributed by atoms with Gasteiger partial charge in [-0.2, -0.15) is 0 Å². The highest BCUT2D eigenvalue weighted by Crippen LogP contribution is 2.10. The molecular weight excluding hydrogens is 264 g/mol. The number of carbonyl (C=O) groups excluding carboxylic acids is 1. The zero-order chi connectivity index (χ0) is 14.2. The molecule has 2 aromatic rings. The molecule has 2 heteroatoms. The highest BCUT2D eigenvalue weighted by atomic mass is 32.2. The van der Waals surface area contributed by atoms with Crippen molar-refractivity contribution in [3.63, 3.8) is 0 Å². The lowest BCUT2D eigenvalue weighted by Gasteiger charge is -2.01. The first-order valence-corrected chi connectivity index (χ1v) is 7.48. The lowest BCUT2D eigenvalue weighted by atomic mass is 10.0. The van der Waals surface area contributed by atoms with Crippen molar-refractivity contribution in [2.75, 3.05) is 5.75 Å². The second-order valence-electron chi connectivity index (χ2n) is 4.44. The summed E-state index contributed by atoms with van der Waals surface area (Å²) in [6.07, 6.45) is 0.939. The minimum Gasteiger partial charge on any atom is -0.288 e. The number of hydrogen-bond donors (Lipinski definition) is 0. The van der Waals surface area contributed by atoms with Crippen LogP contribution in [0.5, 0.6) is 0 Å². The van der Waals surface area contributed by atoms with Crippen molar-refractivity contribution in [1.29, 1.82) is 0 Å². The Morgan fingerprint density at radius 1 is 1.00 bits per heavy atom. The fraction of sp³-hybridized carbons (Fsp3) is 0.167. The highest BCUT2D eigenvalue weighted by Gasteiger charge is 1.95. The molecule has 2 rings (SSSR count). The summed E-state index contributed by atoms with van der Waals surface area (Å²) in [5.74, 6) is 6.62. The van der Waals surface area contributed by atoms with Gasteiger partial charge in [-0.1, -0.05) is 66.1 Å². The summed E-state index contributed by atoms with van der Waals surface area (Å²) in [6, 6.07) is 18.7. The molecule has 2 aromatic carbocycles. The van der Waals surface area contributed by atoms with Gasteiger partial charge in [-0.25, -0.2) is 0 Å². The maximum absolute atomic E-state index is 10.8. The molecule has 0 bridgehead atoms. The van der Waals surface area contributed by atoms with Gasteiger partial charge in [-0.05, 0) is 29.7 Å². The highest BCUT2D eigenvalue weighted by molar-refractivity contribution is 8.13. The van der Waals surface area contributed by atoms with Crippen LogP contribution in [-0.4, -0.2) is 10.9 Å². The van der Waals surface area contributed by atoms with Gasteiger partial charge in [-0.15, -0.1) is 0 Å². The van der Waals surface area contributed by atoms with Crippen molar-refractivity contribution < 1.29 is 4.79 Å². The number of benzene rings is 2. The third kappa shape index (κ3) is 4.95. The average Bonchev–Trinajstić information content (AvgIpc) is 2.46. The first-order chi connectivity index (χ1) is 9.74. The summed E-state index contributed by atoms with van der Waals surface area (Å²) < 4.78 is 0. The van der Waals surface area contributed by atoms with Gasteiger partial charge in [0, 0.05) is 12.5 Å². The van der Waals surface area contributed by atoms with E-state index in [1.807, 2.05) is 18.2 Å². The Bertz CT molecular complexity index is 618. The molecule has 0 fully saturated rings. The van der Waals surface area contributed by atoms with Crippen molar-refractivity contribution in [2.24, 2.45) is 0 Å². The molecule has 0 atom stereocenters. The van der Waals surface area contributed by atoms with Crippen molar-refractivity contribution >= 4 is 16.9 Å². The van der Waals surface area contributed by atoms with Crippen molar-refractivity contribution in [2.45, 2.75) is 13.3 Å². The molecule has 0 amide bonds. The van der Waals surface area contributed by atoms with Gasteiger partial charge in [0.05, 0.1) is 5.75 Å². The minimum atomic E-state index is 0.109. The van der Waals surface area contributed by atoms with Gasteiger partial charge < -0.3 is 0 Å². The van der Waals surface area contributed by atoms with Gasteiger partial charge in [-0.3, -0.25) is 4.79 Å². The van der Waals surface area contributed by atoms with Crippen molar-refractivity contribution in [3.05, 3.63) is 71.3 Å². The summed E-state index contributed by atoms with van der Waals surface area (Å²) in [6.45, 7) is 1.56. The molecule has 0 spiro atoms. The molecule has 0 aliphatic heterocycles. The van der Waals surface area contributed by atoms with Crippen LogP contribution in [0.3, 0.4) is 0 Å². The van der Waals surface area contributed by atoms with Crippen molar-refractivity contribution in [3.8, 4) is 11.8 Å². The third-order valence-electron chi connectivity index (χ3n) is 2.79. The first kappa shape index (κ1) is 14.4. The van der Waals surface area contributed by atoms with Gasteiger partial charge in [0.25, 0.3) is 0 Å². The van der Waals surface area contributed by atoms with Crippen LogP contribution in [-0.2, 0) is 11.2 Å². The molecule has 100 valence electrons. The maximum Gasteiger partial charge on any atom is 0.186 e. The second-order valence-corrected chi connectivity index (χ2v) is 5.59. The Balaban J connectivity index is 1.94. The number of rotatable bonds is 3. The zero-order valence-electron chi connectivity index (χ0n) is 11.4. The fourth-order valence-electron chi connectivity index (χ4n) is 1.81. The second kappa shape index (κ2) is 7.57. The Labute approximate surface area is 124 Å². The summed E-state index contributed by atoms with van der Waals surface area (Å²) in [5.41, 5.74) is 3.58. The van der Waals surface area contributed by atoms with E-state index in [9.17, 15) is 4.79 Å². The molecule has 0 saturated carbocycles. The topological polar surface area (TPSA) is 17.1 Å². The van der Waals surface area contributed by atoms with E-state index < -0.39 is 0 Å². The normalized spacial score (nSPS) is 9.65. The van der Waals surface area contributed by atoms with Crippen LogP contribution in [0.15, 0.2) is 54.6 Å². The van der Waals surface area contributed by atoms with E-state index in [-0.39, 0.29) is 5.12 Å². The van der Waals surface area contributed by atoms with Crippen LogP contribution in [0.25, 0.3) is 0 Å².